The quantitative estimate of drug-likeness (QED) is 0.731. The third kappa shape index (κ3) is 2.85. The molecule has 0 radical (unpaired) electrons. The fourth-order valence-electron chi connectivity index (χ4n) is 1.99. The lowest BCUT2D eigenvalue weighted by Crippen LogP contribution is -2.14. The third-order valence-electron chi connectivity index (χ3n) is 3.08. The molecule has 1 amide bonds. The van der Waals surface area contributed by atoms with Crippen LogP contribution in [0, 0.1) is 6.92 Å². The molecule has 1 aromatic carbocycles. The lowest BCUT2D eigenvalue weighted by Gasteiger charge is -2.06. The number of aryl methyl sites for hydroxylation is 1. The summed E-state index contributed by atoms with van der Waals surface area (Å²) < 4.78 is 0. The van der Waals surface area contributed by atoms with Gasteiger partial charge in [-0.3, -0.25) is 4.79 Å². The molecule has 104 valence electrons. The SMILES string of the molecule is Cc1ccc(NC(=O)c2cc3ccccc3c(Cl)n2)nc1. The van der Waals surface area contributed by atoms with Gasteiger partial charge in [0.2, 0.25) is 0 Å². The van der Waals surface area contributed by atoms with Gasteiger partial charge in [0.1, 0.15) is 16.7 Å². The van der Waals surface area contributed by atoms with Crippen LogP contribution in [0.3, 0.4) is 0 Å². The van der Waals surface area contributed by atoms with Crippen molar-refractivity contribution in [3.05, 3.63) is 65.1 Å². The van der Waals surface area contributed by atoms with Crippen molar-refractivity contribution in [3.8, 4) is 0 Å². The van der Waals surface area contributed by atoms with E-state index in [2.05, 4.69) is 15.3 Å². The van der Waals surface area contributed by atoms with E-state index in [4.69, 9.17) is 11.6 Å². The number of hydrogen-bond donors (Lipinski definition) is 1. The first-order valence-corrected chi connectivity index (χ1v) is 6.80. The minimum absolute atomic E-state index is 0.265. The molecule has 2 heterocycles. The first-order valence-electron chi connectivity index (χ1n) is 6.43. The van der Waals surface area contributed by atoms with Gasteiger partial charge >= 0.3 is 0 Å². The zero-order chi connectivity index (χ0) is 14.8. The number of nitrogens with one attached hydrogen (secondary N) is 1. The first-order chi connectivity index (χ1) is 10.1. The summed E-state index contributed by atoms with van der Waals surface area (Å²) in [5.74, 6) is 0.149. The summed E-state index contributed by atoms with van der Waals surface area (Å²) in [6.45, 7) is 1.93. The number of halogens is 1. The molecule has 21 heavy (non-hydrogen) atoms. The van der Waals surface area contributed by atoms with Gasteiger partial charge in [-0.25, -0.2) is 9.97 Å². The van der Waals surface area contributed by atoms with Gasteiger partial charge in [-0.1, -0.05) is 41.9 Å². The fraction of sp³-hybridized carbons (Fsp3) is 0.0625. The van der Waals surface area contributed by atoms with Crippen LogP contribution in [0.5, 0.6) is 0 Å². The number of carbonyl (C=O) groups is 1. The van der Waals surface area contributed by atoms with E-state index in [1.807, 2.05) is 37.3 Å². The molecule has 0 bridgehead atoms. The van der Waals surface area contributed by atoms with E-state index < -0.39 is 0 Å². The number of nitrogens with zero attached hydrogens (tertiary/aromatic N) is 2. The average Bonchev–Trinajstić information content (AvgIpc) is 2.49. The first kappa shape index (κ1) is 13.5. The molecule has 4 nitrogen and oxygen atoms in total. The average molecular weight is 298 g/mol. The van der Waals surface area contributed by atoms with Gasteiger partial charge in [-0.2, -0.15) is 0 Å². The van der Waals surface area contributed by atoms with Gasteiger partial charge in [-0.05, 0) is 30.0 Å². The van der Waals surface area contributed by atoms with Crippen molar-refractivity contribution >= 4 is 34.1 Å². The number of amides is 1. The molecular weight excluding hydrogens is 286 g/mol. The summed E-state index contributed by atoms with van der Waals surface area (Å²) in [5, 5.41) is 4.72. The van der Waals surface area contributed by atoms with Gasteiger partial charge in [0, 0.05) is 11.6 Å². The number of anilines is 1. The number of pyridine rings is 2. The van der Waals surface area contributed by atoms with Gasteiger partial charge < -0.3 is 5.32 Å². The highest BCUT2D eigenvalue weighted by molar-refractivity contribution is 6.34. The molecule has 0 unspecified atom stereocenters. The summed E-state index contributed by atoms with van der Waals surface area (Å²) in [7, 11) is 0. The molecule has 5 heteroatoms. The second-order valence-corrected chi connectivity index (χ2v) is 5.05. The Morgan fingerprint density at radius 1 is 1.19 bits per heavy atom. The van der Waals surface area contributed by atoms with Crippen LogP contribution < -0.4 is 5.32 Å². The Kier molecular flexibility index (Phi) is 3.54. The minimum atomic E-state index is -0.334. The van der Waals surface area contributed by atoms with Crippen LogP contribution in [-0.4, -0.2) is 15.9 Å². The maximum Gasteiger partial charge on any atom is 0.275 e. The lowest BCUT2D eigenvalue weighted by molar-refractivity contribution is 0.102. The van der Waals surface area contributed by atoms with E-state index in [0.29, 0.717) is 11.0 Å². The summed E-state index contributed by atoms with van der Waals surface area (Å²) >= 11 is 6.12. The van der Waals surface area contributed by atoms with Crippen LogP contribution in [0.1, 0.15) is 16.1 Å². The lowest BCUT2D eigenvalue weighted by atomic mass is 10.1. The van der Waals surface area contributed by atoms with Gasteiger partial charge in [0.25, 0.3) is 5.91 Å². The number of carbonyl (C=O) groups excluding carboxylic acids is 1. The largest absolute Gasteiger partial charge is 0.305 e. The van der Waals surface area contributed by atoms with Gasteiger partial charge in [0.15, 0.2) is 0 Å². The number of hydrogen-bond acceptors (Lipinski definition) is 3. The fourth-order valence-corrected chi connectivity index (χ4v) is 2.26. The second-order valence-electron chi connectivity index (χ2n) is 4.69. The molecule has 0 saturated heterocycles. The molecule has 3 rings (SSSR count). The topological polar surface area (TPSA) is 54.9 Å². The standard InChI is InChI=1S/C16H12ClN3O/c1-10-6-7-14(18-9-10)20-16(21)13-8-11-4-2-3-5-12(11)15(17)19-13/h2-9H,1H3,(H,18,20,21). The third-order valence-corrected chi connectivity index (χ3v) is 3.37. The summed E-state index contributed by atoms with van der Waals surface area (Å²) in [6, 6.07) is 12.9. The summed E-state index contributed by atoms with van der Waals surface area (Å²) in [5.41, 5.74) is 1.29. The van der Waals surface area contributed by atoms with Gasteiger partial charge in [-0.15, -0.1) is 0 Å². The molecular formula is C16H12ClN3O. The molecule has 1 N–H and O–H groups in total. The van der Waals surface area contributed by atoms with Crippen LogP contribution in [0.4, 0.5) is 5.82 Å². The number of benzene rings is 1. The molecule has 0 saturated carbocycles. The Hall–Kier alpha value is -2.46. The van der Waals surface area contributed by atoms with Crippen molar-refractivity contribution in [2.45, 2.75) is 6.92 Å². The smallest absolute Gasteiger partial charge is 0.275 e. The van der Waals surface area contributed by atoms with E-state index in [1.165, 1.54) is 0 Å². The summed E-state index contributed by atoms with van der Waals surface area (Å²) in [4.78, 5) is 20.5. The maximum atomic E-state index is 12.2. The molecule has 0 aliphatic heterocycles. The highest BCUT2D eigenvalue weighted by Crippen LogP contribution is 2.22. The Bertz CT molecular complexity index is 815. The Labute approximate surface area is 126 Å². The normalized spacial score (nSPS) is 10.6. The molecule has 0 spiro atoms. The van der Waals surface area contributed by atoms with E-state index in [-0.39, 0.29) is 11.6 Å². The van der Waals surface area contributed by atoms with E-state index in [9.17, 15) is 4.79 Å². The zero-order valence-corrected chi connectivity index (χ0v) is 12.1. The molecule has 3 aromatic rings. The van der Waals surface area contributed by atoms with Crippen molar-refractivity contribution in [2.24, 2.45) is 0 Å². The second kappa shape index (κ2) is 5.50. The van der Waals surface area contributed by atoms with E-state index in [0.717, 1.165) is 16.3 Å². The highest BCUT2D eigenvalue weighted by Gasteiger charge is 2.11. The Morgan fingerprint density at radius 3 is 2.76 bits per heavy atom. The number of rotatable bonds is 2. The minimum Gasteiger partial charge on any atom is -0.305 e. The number of fused-ring (bicyclic) bond motifs is 1. The van der Waals surface area contributed by atoms with Crippen LogP contribution >= 0.6 is 11.6 Å². The Balaban J connectivity index is 1.92. The maximum absolute atomic E-state index is 12.2. The van der Waals surface area contributed by atoms with Gasteiger partial charge in [0.05, 0.1) is 0 Å². The van der Waals surface area contributed by atoms with Crippen molar-refractivity contribution in [3.63, 3.8) is 0 Å². The monoisotopic (exact) mass is 297 g/mol. The Morgan fingerprint density at radius 2 is 2.00 bits per heavy atom. The molecule has 0 atom stereocenters. The van der Waals surface area contributed by atoms with Crippen LogP contribution in [-0.2, 0) is 0 Å². The summed E-state index contributed by atoms with van der Waals surface area (Å²) in [6.07, 6.45) is 1.69. The zero-order valence-electron chi connectivity index (χ0n) is 11.3. The highest BCUT2D eigenvalue weighted by atomic mass is 35.5. The van der Waals surface area contributed by atoms with Crippen LogP contribution in [0.25, 0.3) is 10.8 Å². The van der Waals surface area contributed by atoms with E-state index >= 15 is 0 Å². The predicted octanol–water partition coefficient (Wildman–Crippen LogP) is 3.84. The van der Waals surface area contributed by atoms with Crippen molar-refractivity contribution in [2.75, 3.05) is 5.32 Å². The van der Waals surface area contributed by atoms with Crippen LogP contribution in [0.2, 0.25) is 5.15 Å². The number of aromatic nitrogens is 2. The predicted molar refractivity (Wildman–Crippen MR) is 83.7 cm³/mol. The molecule has 0 aliphatic carbocycles. The van der Waals surface area contributed by atoms with Crippen LogP contribution in [0.15, 0.2) is 48.7 Å². The molecule has 0 aliphatic rings. The van der Waals surface area contributed by atoms with Crippen molar-refractivity contribution < 1.29 is 4.79 Å². The van der Waals surface area contributed by atoms with Crippen molar-refractivity contribution in [1.29, 1.82) is 0 Å². The molecule has 0 fully saturated rings. The molecule has 2 aromatic heterocycles. The van der Waals surface area contributed by atoms with Crippen molar-refractivity contribution in [1.82, 2.24) is 9.97 Å². The van der Waals surface area contributed by atoms with E-state index in [1.54, 1.807) is 18.3 Å².